The Kier molecular flexibility index (Phi) is 7.28. The van der Waals surface area contributed by atoms with Gasteiger partial charge in [0.2, 0.25) is 5.91 Å². The van der Waals surface area contributed by atoms with Gasteiger partial charge in [0.05, 0.1) is 0 Å². The van der Waals surface area contributed by atoms with Crippen molar-refractivity contribution in [3.8, 4) is 5.75 Å². The molecular formula is C15H20ClN3O3S. The number of hydrogen-bond acceptors (Lipinski definition) is 5. The smallest absolute Gasteiger partial charge is 0.308 e. The number of amides is 1. The van der Waals surface area contributed by atoms with E-state index in [1.165, 1.54) is 4.57 Å². The van der Waals surface area contributed by atoms with Crippen molar-refractivity contribution in [3.05, 3.63) is 44.5 Å². The van der Waals surface area contributed by atoms with Crippen LogP contribution in [0.4, 0.5) is 5.69 Å². The van der Waals surface area contributed by atoms with Crippen molar-refractivity contribution in [2.75, 3.05) is 18.5 Å². The van der Waals surface area contributed by atoms with Crippen LogP contribution in [0.3, 0.4) is 0 Å². The number of carbonyl (C=O) groups excluding carboxylic acids is 1. The van der Waals surface area contributed by atoms with Gasteiger partial charge in [-0.15, -0.1) is 12.4 Å². The summed E-state index contributed by atoms with van der Waals surface area (Å²) in [6.07, 6.45) is 0. The highest BCUT2D eigenvalue weighted by Crippen LogP contribution is 2.16. The molecule has 1 aromatic carbocycles. The number of nitrogens with zero attached hydrogens (tertiary/aromatic N) is 1. The van der Waals surface area contributed by atoms with Crippen molar-refractivity contribution in [2.24, 2.45) is 5.73 Å². The average molecular weight is 358 g/mol. The molecule has 23 heavy (non-hydrogen) atoms. The van der Waals surface area contributed by atoms with Crippen LogP contribution in [-0.4, -0.2) is 23.6 Å². The third-order valence-corrected chi connectivity index (χ3v) is 4.20. The molecule has 0 bridgehead atoms. The molecule has 0 aliphatic rings. The molecule has 1 aromatic heterocycles. The molecule has 0 aliphatic heterocycles. The maximum absolute atomic E-state index is 12.0. The van der Waals surface area contributed by atoms with Crippen molar-refractivity contribution >= 4 is 35.3 Å². The second kappa shape index (κ2) is 8.71. The number of hydrogen-bond donors (Lipinski definition) is 2. The topological polar surface area (TPSA) is 86.3 Å². The number of benzene rings is 1. The molecular weight excluding hydrogens is 338 g/mol. The lowest BCUT2D eigenvalue weighted by Crippen LogP contribution is -2.25. The maximum atomic E-state index is 12.0. The number of aromatic nitrogens is 1. The van der Waals surface area contributed by atoms with Crippen LogP contribution in [0.2, 0.25) is 0 Å². The summed E-state index contributed by atoms with van der Waals surface area (Å²) >= 11 is 1.15. The largest absolute Gasteiger partial charge is 0.492 e. The van der Waals surface area contributed by atoms with E-state index in [1.54, 1.807) is 24.3 Å². The first kappa shape index (κ1) is 19.2. The van der Waals surface area contributed by atoms with Crippen LogP contribution in [0.25, 0.3) is 0 Å². The molecule has 0 saturated heterocycles. The monoisotopic (exact) mass is 357 g/mol. The zero-order valence-corrected chi connectivity index (χ0v) is 14.6. The van der Waals surface area contributed by atoms with Crippen molar-refractivity contribution in [1.82, 2.24) is 4.57 Å². The molecule has 0 saturated carbocycles. The van der Waals surface area contributed by atoms with E-state index in [9.17, 15) is 9.59 Å². The maximum Gasteiger partial charge on any atom is 0.308 e. The molecule has 0 radical (unpaired) electrons. The van der Waals surface area contributed by atoms with Gasteiger partial charge in [-0.2, -0.15) is 0 Å². The van der Waals surface area contributed by atoms with E-state index >= 15 is 0 Å². The summed E-state index contributed by atoms with van der Waals surface area (Å²) in [5.41, 5.74) is 6.85. The van der Waals surface area contributed by atoms with Gasteiger partial charge in [-0.1, -0.05) is 11.3 Å². The number of aryl methyl sites for hydroxylation is 1. The van der Waals surface area contributed by atoms with Gasteiger partial charge in [-0.05, 0) is 38.1 Å². The second-order valence-electron chi connectivity index (χ2n) is 4.81. The predicted molar refractivity (Wildman–Crippen MR) is 94.9 cm³/mol. The van der Waals surface area contributed by atoms with Gasteiger partial charge in [-0.25, -0.2) is 0 Å². The Labute approximate surface area is 144 Å². The molecule has 1 heterocycles. The van der Waals surface area contributed by atoms with Crippen LogP contribution in [0.5, 0.6) is 5.75 Å². The van der Waals surface area contributed by atoms with Crippen LogP contribution in [0.1, 0.15) is 10.6 Å². The zero-order chi connectivity index (χ0) is 16.1. The molecule has 0 aliphatic carbocycles. The van der Waals surface area contributed by atoms with E-state index in [-0.39, 0.29) is 29.7 Å². The van der Waals surface area contributed by atoms with Gasteiger partial charge in [0.1, 0.15) is 18.9 Å². The van der Waals surface area contributed by atoms with E-state index in [0.29, 0.717) is 24.6 Å². The second-order valence-corrected chi connectivity index (χ2v) is 5.97. The number of thiazole rings is 1. The summed E-state index contributed by atoms with van der Waals surface area (Å²) in [4.78, 5) is 24.6. The first-order valence-electron chi connectivity index (χ1n) is 6.91. The third kappa shape index (κ3) is 5.09. The summed E-state index contributed by atoms with van der Waals surface area (Å²) in [6, 6.07) is 7.02. The van der Waals surface area contributed by atoms with Crippen LogP contribution in [0, 0.1) is 13.8 Å². The summed E-state index contributed by atoms with van der Waals surface area (Å²) in [6.45, 7) is 4.62. The highest BCUT2D eigenvalue weighted by atomic mass is 35.5. The molecule has 2 rings (SSSR count). The molecule has 0 atom stereocenters. The number of ether oxygens (including phenoxy) is 1. The Morgan fingerprint density at radius 3 is 2.48 bits per heavy atom. The molecule has 3 N–H and O–H groups in total. The predicted octanol–water partition coefficient (Wildman–Crippen LogP) is 1.92. The molecule has 0 fully saturated rings. The Morgan fingerprint density at radius 1 is 1.30 bits per heavy atom. The molecule has 0 spiro atoms. The highest BCUT2D eigenvalue weighted by Gasteiger charge is 2.11. The Bertz CT molecular complexity index is 710. The number of rotatable bonds is 6. The fraction of sp³-hybridized carbons (Fsp3) is 0.333. The summed E-state index contributed by atoms with van der Waals surface area (Å²) < 4.78 is 6.84. The summed E-state index contributed by atoms with van der Waals surface area (Å²) in [7, 11) is 0. The quantitative estimate of drug-likeness (QED) is 0.827. The Morgan fingerprint density at radius 2 is 1.96 bits per heavy atom. The first-order valence-corrected chi connectivity index (χ1v) is 7.72. The van der Waals surface area contributed by atoms with E-state index in [1.807, 2.05) is 13.8 Å². The molecule has 2 aromatic rings. The minimum Gasteiger partial charge on any atom is -0.492 e. The summed E-state index contributed by atoms with van der Waals surface area (Å²) in [5, 5.41) is 2.76. The molecule has 126 valence electrons. The number of nitrogens with one attached hydrogen (secondary N) is 1. The van der Waals surface area contributed by atoms with Crippen LogP contribution in [0.15, 0.2) is 29.1 Å². The van der Waals surface area contributed by atoms with E-state index < -0.39 is 0 Å². The van der Waals surface area contributed by atoms with Crippen molar-refractivity contribution in [2.45, 2.75) is 20.4 Å². The van der Waals surface area contributed by atoms with Gasteiger partial charge in [0, 0.05) is 22.8 Å². The van der Waals surface area contributed by atoms with Crippen LogP contribution >= 0.6 is 23.7 Å². The van der Waals surface area contributed by atoms with Gasteiger partial charge < -0.3 is 15.8 Å². The highest BCUT2D eigenvalue weighted by molar-refractivity contribution is 7.09. The van der Waals surface area contributed by atoms with Gasteiger partial charge in [-0.3, -0.25) is 14.2 Å². The minimum absolute atomic E-state index is 0. The lowest BCUT2D eigenvalue weighted by Gasteiger charge is -2.08. The van der Waals surface area contributed by atoms with Crippen molar-refractivity contribution in [1.29, 1.82) is 0 Å². The van der Waals surface area contributed by atoms with Gasteiger partial charge in [0.15, 0.2) is 0 Å². The van der Waals surface area contributed by atoms with E-state index in [4.69, 9.17) is 10.5 Å². The van der Waals surface area contributed by atoms with E-state index in [2.05, 4.69) is 5.32 Å². The molecule has 1 amide bonds. The standard InChI is InChI=1S/C15H19N3O3S.ClH/c1-10-11(2)22-15(20)18(10)9-14(19)17-12-3-5-13(6-4-12)21-8-7-16;/h3-6H,7-9,16H2,1-2H3,(H,17,19);1H. The summed E-state index contributed by atoms with van der Waals surface area (Å²) in [5.74, 6) is 0.461. The lowest BCUT2D eigenvalue weighted by atomic mass is 10.3. The normalized spacial score (nSPS) is 10.0. The minimum atomic E-state index is -0.237. The van der Waals surface area contributed by atoms with Crippen LogP contribution in [-0.2, 0) is 11.3 Å². The number of nitrogens with two attached hydrogens (primary N) is 1. The third-order valence-electron chi connectivity index (χ3n) is 3.20. The number of carbonyl (C=O) groups is 1. The van der Waals surface area contributed by atoms with Crippen molar-refractivity contribution < 1.29 is 9.53 Å². The molecule has 6 nitrogen and oxygen atoms in total. The Hall–Kier alpha value is -1.83. The van der Waals surface area contributed by atoms with Gasteiger partial charge in [0.25, 0.3) is 0 Å². The SMILES string of the molecule is Cc1sc(=O)n(CC(=O)Nc2ccc(OCCN)cc2)c1C.Cl. The lowest BCUT2D eigenvalue weighted by molar-refractivity contribution is -0.116. The molecule has 0 unspecified atom stereocenters. The van der Waals surface area contributed by atoms with Gasteiger partial charge >= 0.3 is 4.87 Å². The van der Waals surface area contributed by atoms with E-state index in [0.717, 1.165) is 21.9 Å². The van der Waals surface area contributed by atoms with Crippen LogP contribution < -0.4 is 20.7 Å². The fourth-order valence-electron chi connectivity index (χ4n) is 1.93. The first-order chi connectivity index (χ1) is 10.5. The number of anilines is 1. The Balaban J connectivity index is 0.00000264. The average Bonchev–Trinajstić information content (AvgIpc) is 2.73. The fourth-order valence-corrected chi connectivity index (χ4v) is 2.76. The zero-order valence-electron chi connectivity index (χ0n) is 13.0. The van der Waals surface area contributed by atoms with Crippen molar-refractivity contribution in [3.63, 3.8) is 0 Å². The molecule has 8 heteroatoms. The number of halogens is 1.